The molecule has 0 aromatic heterocycles. The van der Waals surface area contributed by atoms with E-state index in [2.05, 4.69) is 139 Å². The summed E-state index contributed by atoms with van der Waals surface area (Å²) in [7, 11) is -5.51. The fourth-order valence-corrected chi connectivity index (χ4v) is 30.4. The molecule has 0 nitrogen and oxygen atoms in total. The van der Waals surface area contributed by atoms with E-state index in [9.17, 15) is 0 Å². The molecule has 0 saturated carbocycles. The third kappa shape index (κ3) is 19.8. The summed E-state index contributed by atoms with van der Waals surface area (Å²) in [5, 5.41) is 5.54. The van der Waals surface area contributed by atoms with Gasteiger partial charge in [0.15, 0.2) is 0 Å². The first-order chi connectivity index (χ1) is 12.5. The number of hydrogen-bond acceptors (Lipinski definition) is 0. The van der Waals surface area contributed by atoms with Crippen LogP contribution in [-0.4, -0.2) is 48.4 Å². The molecule has 1 radical (unpaired) electrons. The van der Waals surface area contributed by atoms with Crippen LogP contribution in [0.15, 0.2) is 0 Å². The van der Waals surface area contributed by atoms with Crippen molar-refractivity contribution in [2.24, 2.45) is 0 Å². The minimum absolute atomic E-state index is 0. The number of rotatable bonds is 6. The van der Waals surface area contributed by atoms with Gasteiger partial charge in [0, 0.05) is 0 Å². The smallest absolute Gasteiger partial charge is 0.315 e. The second kappa shape index (κ2) is 13.8. The zero-order valence-electron chi connectivity index (χ0n) is 25.9. The summed E-state index contributed by atoms with van der Waals surface area (Å²) >= 11 is 0. The van der Waals surface area contributed by atoms with Crippen molar-refractivity contribution in [1.29, 1.82) is 0 Å². The largest absolute Gasteiger partial charge is 3.00 e. The first kappa shape index (κ1) is 40.0. The summed E-state index contributed by atoms with van der Waals surface area (Å²) in [4.78, 5) is 0. The molecule has 0 bridgehead atoms. The molecule has 0 amide bonds. The standard InChI is InChI=1S/3C8H21Si2.Cr/c3*1-8(9(2,3)4)10(5,6)7;/h3*1-7H3;/q3*-1;+3. The van der Waals surface area contributed by atoms with Crippen LogP contribution in [0.2, 0.25) is 118 Å². The van der Waals surface area contributed by atoms with E-state index in [1.54, 1.807) is 0 Å². The van der Waals surface area contributed by atoms with E-state index in [4.69, 9.17) is 0 Å². The maximum absolute atomic E-state index is 2.45. The van der Waals surface area contributed by atoms with Gasteiger partial charge in [-0.15, -0.1) is 48.4 Å². The molecular formula is C24H63CrSi6. The molecule has 0 saturated heterocycles. The Hall–Kier alpha value is 1.83. The zero-order chi connectivity index (χ0) is 25.7. The molecule has 0 rings (SSSR count). The Morgan fingerprint density at radius 1 is 0.258 bits per heavy atom. The second-order valence-electron chi connectivity index (χ2n) is 15.4. The van der Waals surface area contributed by atoms with E-state index in [-0.39, 0.29) is 17.4 Å². The van der Waals surface area contributed by atoms with Gasteiger partial charge >= 0.3 is 17.4 Å². The fourth-order valence-electron chi connectivity index (χ4n) is 3.38. The van der Waals surface area contributed by atoms with Crippen LogP contribution in [0, 0.1) is 15.5 Å². The van der Waals surface area contributed by atoms with Gasteiger partial charge in [-0.2, -0.15) is 20.8 Å². The van der Waals surface area contributed by atoms with E-state index < -0.39 is 48.4 Å². The average molecular weight is 572 g/mol. The summed E-state index contributed by atoms with van der Waals surface area (Å²) in [6.45, 7) is 51.1. The van der Waals surface area contributed by atoms with Crippen molar-refractivity contribution < 1.29 is 17.4 Å². The molecule has 0 spiro atoms. The van der Waals surface area contributed by atoms with Crippen LogP contribution in [0.3, 0.4) is 0 Å². The monoisotopic (exact) mass is 571 g/mol. The Bertz CT molecular complexity index is 352. The Kier molecular flexibility index (Phi) is 17.8. The first-order valence-electron chi connectivity index (χ1n) is 12.0. The van der Waals surface area contributed by atoms with Crippen LogP contribution in [0.4, 0.5) is 0 Å². The van der Waals surface area contributed by atoms with Crippen LogP contribution in [-0.2, 0) is 17.4 Å². The van der Waals surface area contributed by atoms with Crippen LogP contribution in [0.25, 0.3) is 0 Å². The van der Waals surface area contributed by atoms with Crippen molar-refractivity contribution in [2.45, 2.75) is 139 Å². The fraction of sp³-hybridized carbons (Fsp3) is 0.875. The maximum atomic E-state index is 2.45. The van der Waals surface area contributed by atoms with E-state index in [0.717, 1.165) is 0 Å². The van der Waals surface area contributed by atoms with Crippen LogP contribution >= 0.6 is 0 Å². The molecule has 31 heavy (non-hydrogen) atoms. The molecule has 0 aromatic rings. The van der Waals surface area contributed by atoms with Crippen molar-refractivity contribution >= 4 is 48.4 Å². The summed E-state index contributed by atoms with van der Waals surface area (Å²) < 4.78 is 0. The number of hydrogen-bond donors (Lipinski definition) is 0. The summed E-state index contributed by atoms with van der Waals surface area (Å²) in [5.41, 5.74) is 0. The molecule has 0 unspecified atom stereocenters. The van der Waals surface area contributed by atoms with Crippen molar-refractivity contribution in [1.82, 2.24) is 0 Å². The van der Waals surface area contributed by atoms with Gasteiger partial charge in [0.2, 0.25) is 0 Å². The van der Waals surface area contributed by atoms with Gasteiger partial charge in [0.05, 0.1) is 0 Å². The first-order valence-corrected chi connectivity index (χ1v) is 33.0. The minimum Gasteiger partial charge on any atom is -0.315 e. The van der Waals surface area contributed by atoms with Gasteiger partial charge < -0.3 is 15.5 Å². The molecule has 0 aliphatic rings. The van der Waals surface area contributed by atoms with Gasteiger partial charge in [-0.1, -0.05) is 118 Å². The maximum Gasteiger partial charge on any atom is 3.00 e. The Labute approximate surface area is 218 Å². The molecule has 0 aromatic carbocycles. The van der Waals surface area contributed by atoms with Crippen molar-refractivity contribution in [3.05, 3.63) is 15.5 Å². The van der Waals surface area contributed by atoms with Crippen LogP contribution in [0.1, 0.15) is 20.8 Å². The van der Waals surface area contributed by atoms with Crippen LogP contribution < -0.4 is 0 Å². The minimum atomic E-state index is -0.918. The van der Waals surface area contributed by atoms with E-state index >= 15 is 0 Å². The molecular weight excluding hydrogens is 509 g/mol. The molecule has 7 heteroatoms. The third-order valence-corrected chi connectivity index (χ3v) is 33.8. The summed E-state index contributed by atoms with van der Waals surface area (Å²) in [6, 6.07) is 0. The molecule has 0 aliphatic heterocycles. The quantitative estimate of drug-likeness (QED) is 0.220. The van der Waals surface area contributed by atoms with Crippen molar-refractivity contribution in [2.75, 3.05) is 0 Å². The van der Waals surface area contributed by atoms with E-state index in [1.807, 2.05) is 15.5 Å². The van der Waals surface area contributed by atoms with Crippen molar-refractivity contribution in [3.8, 4) is 0 Å². The molecule has 189 valence electrons. The van der Waals surface area contributed by atoms with E-state index in [1.165, 1.54) is 0 Å². The van der Waals surface area contributed by atoms with Crippen LogP contribution in [0.5, 0.6) is 0 Å². The predicted molar refractivity (Wildman–Crippen MR) is 167 cm³/mol. The Morgan fingerprint density at radius 3 is 0.323 bits per heavy atom. The molecule has 0 fully saturated rings. The predicted octanol–water partition coefficient (Wildman–Crippen LogP) is 10.0. The normalized spacial score (nSPS) is 13.9. The molecule has 0 atom stereocenters. The summed E-state index contributed by atoms with van der Waals surface area (Å²) in [5.74, 6) is 0. The molecule has 0 aliphatic carbocycles. The third-order valence-electron chi connectivity index (χ3n) is 6.75. The molecule has 0 heterocycles. The van der Waals surface area contributed by atoms with E-state index in [0.29, 0.717) is 0 Å². The average Bonchev–Trinajstić information content (AvgIpc) is 2.40. The molecule has 0 N–H and O–H groups in total. The SMILES string of the molecule is C[C-]([Si](C)(C)C)[Si](C)(C)C.C[C-]([Si](C)(C)C)[Si](C)(C)C.C[C-]([Si](C)(C)C)[Si](C)(C)C.[Cr+3]. The second-order valence-corrected chi connectivity index (χ2v) is 48.4. The van der Waals surface area contributed by atoms with Gasteiger partial charge in [0.1, 0.15) is 0 Å². The Balaban J connectivity index is -0.000000174. The van der Waals surface area contributed by atoms with Crippen molar-refractivity contribution in [3.63, 3.8) is 0 Å². The zero-order valence-corrected chi connectivity index (χ0v) is 33.2. The van der Waals surface area contributed by atoms with Gasteiger partial charge in [-0.25, -0.2) is 0 Å². The van der Waals surface area contributed by atoms with Gasteiger partial charge in [0.25, 0.3) is 0 Å². The van der Waals surface area contributed by atoms with Gasteiger partial charge in [-0.3, -0.25) is 0 Å². The summed E-state index contributed by atoms with van der Waals surface area (Å²) in [6.07, 6.45) is 0. The topological polar surface area (TPSA) is 0 Å². The Morgan fingerprint density at radius 2 is 0.323 bits per heavy atom. The van der Waals surface area contributed by atoms with Gasteiger partial charge in [-0.05, 0) is 0 Å².